The summed E-state index contributed by atoms with van der Waals surface area (Å²) in [5.41, 5.74) is 11.0. The van der Waals surface area contributed by atoms with Crippen LogP contribution in [0.4, 0.5) is 5.69 Å². The van der Waals surface area contributed by atoms with Gasteiger partial charge in [0.15, 0.2) is 11.5 Å². The minimum absolute atomic E-state index is 0.169. The largest absolute Gasteiger partial charge is 0.495 e. The molecule has 0 aromatic heterocycles. The van der Waals surface area contributed by atoms with Crippen LogP contribution in [0.5, 0.6) is 23.0 Å². The summed E-state index contributed by atoms with van der Waals surface area (Å²) < 4.78 is 30.7. The van der Waals surface area contributed by atoms with Gasteiger partial charge in [0.05, 0.1) is 40.2 Å². The van der Waals surface area contributed by atoms with Crippen molar-refractivity contribution in [2.75, 3.05) is 34.2 Å². The summed E-state index contributed by atoms with van der Waals surface area (Å²) >= 11 is 0. The number of nitrogen functional groups attached to an aromatic ring is 1. The van der Waals surface area contributed by atoms with Gasteiger partial charge in [0.1, 0.15) is 5.75 Å². The summed E-state index contributed by atoms with van der Waals surface area (Å²) in [7, 11) is 3.74. The Morgan fingerprint density at radius 3 is 1.80 bits per heavy atom. The Morgan fingerprint density at radius 1 is 0.705 bits per heavy atom. The van der Waals surface area contributed by atoms with Crippen LogP contribution in [0, 0.1) is 0 Å². The van der Waals surface area contributed by atoms with Gasteiger partial charge in [-0.3, -0.25) is 0 Å². The monoisotopic (exact) mass is 609 g/mol. The third-order valence-corrected chi connectivity index (χ3v) is 13.6. The highest BCUT2D eigenvalue weighted by Crippen LogP contribution is 2.48. The fourth-order valence-corrected chi connectivity index (χ4v) is 11.2. The first-order chi connectivity index (χ1) is 21.2. The van der Waals surface area contributed by atoms with Crippen molar-refractivity contribution in [3.05, 3.63) is 108 Å². The zero-order chi connectivity index (χ0) is 31.5. The lowest BCUT2D eigenvalue weighted by molar-refractivity contribution is 0.224. The van der Waals surface area contributed by atoms with Crippen LogP contribution in [0.25, 0.3) is 5.57 Å². The topological polar surface area (TPSA) is 72.2 Å². The average Bonchev–Trinajstić information content (AvgIpc) is 3.22. The van der Waals surface area contributed by atoms with E-state index in [9.17, 15) is 0 Å². The zero-order valence-electron chi connectivity index (χ0n) is 26.8. The van der Waals surface area contributed by atoms with Gasteiger partial charge in [-0.15, -0.1) is 0 Å². The van der Waals surface area contributed by atoms with Gasteiger partial charge >= 0.3 is 0 Å². The van der Waals surface area contributed by atoms with Crippen molar-refractivity contribution in [2.24, 2.45) is 0 Å². The molecule has 0 heterocycles. The van der Waals surface area contributed by atoms with Gasteiger partial charge in [0.25, 0.3) is 8.32 Å². The van der Waals surface area contributed by atoms with Crippen LogP contribution in [0.3, 0.4) is 0 Å². The zero-order valence-corrected chi connectivity index (χ0v) is 27.8. The molecule has 2 N–H and O–H groups in total. The van der Waals surface area contributed by atoms with E-state index in [1.807, 2.05) is 24.3 Å². The highest BCUT2D eigenvalue weighted by molar-refractivity contribution is 6.99. The van der Waals surface area contributed by atoms with Gasteiger partial charge in [0, 0.05) is 5.56 Å². The molecule has 230 valence electrons. The maximum Gasteiger partial charge on any atom is 0.261 e. The molecule has 1 atom stereocenters. The summed E-state index contributed by atoms with van der Waals surface area (Å²) in [5.74, 6) is 2.48. The third kappa shape index (κ3) is 5.58. The molecule has 5 rings (SSSR count). The van der Waals surface area contributed by atoms with E-state index in [1.165, 1.54) is 10.4 Å². The number of anilines is 1. The summed E-state index contributed by atoms with van der Waals surface area (Å²) in [6, 6.07) is 29.4. The second-order valence-corrected chi connectivity index (χ2v) is 16.3. The molecular weight excluding hydrogens is 566 g/mol. The van der Waals surface area contributed by atoms with Crippen molar-refractivity contribution in [2.45, 2.75) is 44.8 Å². The minimum Gasteiger partial charge on any atom is -0.495 e. The van der Waals surface area contributed by atoms with Crippen molar-refractivity contribution in [1.29, 1.82) is 0 Å². The second-order valence-electron chi connectivity index (χ2n) is 12.1. The molecule has 0 radical (unpaired) electrons. The Hall–Kier alpha value is -4.20. The number of hydrogen-bond acceptors (Lipinski definition) is 6. The van der Waals surface area contributed by atoms with Crippen LogP contribution in [0.15, 0.2) is 91.0 Å². The number of rotatable bonds is 9. The molecule has 1 aliphatic carbocycles. The number of hydrogen-bond donors (Lipinski definition) is 1. The van der Waals surface area contributed by atoms with Crippen LogP contribution >= 0.6 is 0 Å². The third-order valence-electron chi connectivity index (χ3n) is 8.54. The van der Waals surface area contributed by atoms with Crippen molar-refractivity contribution in [1.82, 2.24) is 0 Å². The van der Waals surface area contributed by atoms with Gasteiger partial charge in [0.2, 0.25) is 5.75 Å². The van der Waals surface area contributed by atoms with E-state index in [4.69, 9.17) is 29.1 Å². The van der Waals surface area contributed by atoms with E-state index in [0.717, 1.165) is 28.7 Å². The van der Waals surface area contributed by atoms with E-state index in [0.29, 0.717) is 35.1 Å². The Kier molecular flexibility index (Phi) is 9.09. The Bertz CT molecular complexity index is 1590. The molecule has 4 aromatic rings. The Morgan fingerprint density at radius 2 is 1.30 bits per heavy atom. The van der Waals surface area contributed by atoms with Crippen LogP contribution in [-0.4, -0.2) is 42.9 Å². The predicted octanol–water partition coefficient (Wildman–Crippen LogP) is 6.63. The summed E-state index contributed by atoms with van der Waals surface area (Å²) in [6.45, 7) is 6.91. The second kappa shape index (κ2) is 12.8. The fourth-order valence-electron chi connectivity index (χ4n) is 6.51. The summed E-state index contributed by atoms with van der Waals surface area (Å²) in [4.78, 5) is 0. The Labute approximate surface area is 262 Å². The molecule has 0 saturated heterocycles. The van der Waals surface area contributed by atoms with Crippen molar-refractivity contribution in [3.8, 4) is 23.0 Å². The first-order valence-corrected chi connectivity index (χ1v) is 16.9. The molecule has 0 bridgehead atoms. The summed E-state index contributed by atoms with van der Waals surface area (Å²) in [5, 5.41) is 2.31. The standard InChI is InChI=1S/C37H43NO5Si/c1-37(2,3)44(27-14-10-8-11-15-27,28-16-12-9-13-17-28)43-26-19-20-29-31(24-34(40-5)36(42-7)35(29)41-6)30(23-26)25-18-21-33(39-4)32(38)22-25/h8-18,21-24,26H,19-20,38H2,1-7H3/t26-/m0/s1. The first kappa shape index (κ1) is 31.2. The number of methoxy groups -OCH3 is 4. The van der Waals surface area contributed by atoms with Gasteiger partial charge in [-0.1, -0.05) is 87.5 Å². The average molecular weight is 610 g/mol. The summed E-state index contributed by atoms with van der Waals surface area (Å²) in [6.07, 6.45) is 3.51. The molecule has 0 aliphatic heterocycles. The molecule has 44 heavy (non-hydrogen) atoms. The van der Waals surface area contributed by atoms with Gasteiger partial charge < -0.3 is 29.1 Å². The lowest BCUT2D eigenvalue weighted by atomic mass is 9.92. The van der Waals surface area contributed by atoms with Crippen molar-refractivity contribution in [3.63, 3.8) is 0 Å². The molecule has 6 nitrogen and oxygen atoms in total. The predicted molar refractivity (Wildman–Crippen MR) is 181 cm³/mol. The van der Waals surface area contributed by atoms with Gasteiger partial charge in [-0.2, -0.15) is 0 Å². The molecule has 0 fully saturated rings. The molecule has 0 unspecified atom stereocenters. The fraction of sp³-hybridized carbons (Fsp3) is 0.297. The van der Waals surface area contributed by atoms with E-state index in [2.05, 4.69) is 87.5 Å². The lowest BCUT2D eigenvalue weighted by Gasteiger charge is -2.44. The highest BCUT2D eigenvalue weighted by Gasteiger charge is 2.51. The maximum atomic E-state index is 7.64. The van der Waals surface area contributed by atoms with Crippen LogP contribution in [0.2, 0.25) is 5.04 Å². The van der Waals surface area contributed by atoms with Crippen molar-refractivity contribution < 1.29 is 23.4 Å². The van der Waals surface area contributed by atoms with Crippen molar-refractivity contribution >= 4 is 30.0 Å². The van der Waals surface area contributed by atoms with E-state index in [-0.39, 0.29) is 11.1 Å². The quantitative estimate of drug-likeness (QED) is 0.170. The number of fused-ring (bicyclic) bond motifs is 1. The van der Waals surface area contributed by atoms with E-state index in [1.54, 1.807) is 28.4 Å². The molecular formula is C37H43NO5Si. The molecule has 4 aromatic carbocycles. The lowest BCUT2D eigenvalue weighted by Crippen LogP contribution is -2.67. The normalized spacial score (nSPS) is 15.1. The minimum atomic E-state index is -2.85. The number of nitrogens with two attached hydrogens (primary N) is 1. The maximum absolute atomic E-state index is 7.64. The molecule has 0 saturated carbocycles. The first-order valence-electron chi connectivity index (χ1n) is 14.9. The van der Waals surface area contributed by atoms with Crippen LogP contribution in [-0.2, 0) is 10.8 Å². The van der Waals surface area contributed by atoms with E-state index < -0.39 is 8.32 Å². The molecule has 7 heteroatoms. The highest BCUT2D eigenvalue weighted by atomic mass is 28.4. The SMILES string of the molecule is COc1ccc(C2=C[C@@H](O[Si](c3ccccc3)(c3ccccc3)C(C)(C)C)CCc3c2cc(OC)c(OC)c3OC)cc1N. The Balaban J connectivity index is 1.76. The molecule has 0 spiro atoms. The molecule has 1 aliphatic rings. The number of benzene rings is 4. The van der Waals surface area contributed by atoms with Gasteiger partial charge in [-0.05, 0) is 69.2 Å². The van der Waals surface area contributed by atoms with Crippen LogP contribution in [0.1, 0.15) is 43.9 Å². The molecule has 0 amide bonds. The smallest absolute Gasteiger partial charge is 0.261 e. The van der Waals surface area contributed by atoms with Crippen LogP contribution < -0.4 is 35.1 Å². The van der Waals surface area contributed by atoms with Gasteiger partial charge in [-0.25, -0.2) is 0 Å². The number of ether oxygens (including phenoxy) is 4. The van der Waals surface area contributed by atoms with E-state index >= 15 is 0 Å².